The van der Waals surface area contributed by atoms with Gasteiger partial charge in [0.15, 0.2) is 0 Å². The molecule has 2 amide bonds. The van der Waals surface area contributed by atoms with Gasteiger partial charge in [-0.2, -0.15) is 0 Å². The molecule has 0 aliphatic heterocycles. The lowest BCUT2D eigenvalue weighted by Gasteiger charge is -2.09. The molecular formula is C17H17N3O4S. The van der Waals surface area contributed by atoms with Gasteiger partial charge in [-0.05, 0) is 49.2 Å². The van der Waals surface area contributed by atoms with Gasteiger partial charge >= 0.3 is 0 Å². The molecule has 8 heteroatoms. The summed E-state index contributed by atoms with van der Waals surface area (Å²) in [5, 5.41) is 0. The number of rotatable bonds is 5. The van der Waals surface area contributed by atoms with E-state index in [1.54, 1.807) is 18.2 Å². The molecule has 0 atom stereocenters. The van der Waals surface area contributed by atoms with Crippen LogP contribution < -0.4 is 15.6 Å². The summed E-state index contributed by atoms with van der Waals surface area (Å²) < 4.78 is 26.9. The van der Waals surface area contributed by atoms with Crippen molar-refractivity contribution in [1.82, 2.24) is 10.9 Å². The smallest absolute Gasteiger partial charge is 0.269 e. The molecule has 3 rings (SSSR count). The van der Waals surface area contributed by atoms with Gasteiger partial charge in [0.25, 0.3) is 15.9 Å². The monoisotopic (exact) mass is 359 g/mol. The Labute approximate surface area is 145 Å². The first-order valence-electron chi connectivity index (χ1n) is 7.74. The van der Waals surface area contributed by atoms with Crippen LogP contribution in [0.3, 0.4) is 0 Å². The van der Waals surface area contributed by atoms with E-state index >= 15 is 0 Å². The molecule has 2 aromatic rings. The fourth-order valence-corrected chi connectivity index (χ4v) is 3.22. The van der Waals surface area contributed by atoms with Crippen LogP contribution in [-0.4, -0.2) is 20.2 Å². The molecule has 0 unspecified atom stereocenters. The Hall–Kier alpha value is -2.87. The second-order valence-electron chi connectivity index (χ2n) is 5.71. The Morgan fingerprint density at radius 1 is 0.880 bits per heavy atom. The van der Waals surface area contributed by atoms with Crippen molar-refractivity contribution < 1.29 is 18.0 Å². The topological polar surface area (TPSA) is 104 Å². The van der Waals surface area contributed by atoms with Gasteiger partial charge in [-0.15, -0.1) is 0 Å². The van der Waals surface area contributed by atoms with Gasteiger partial charge in [0.1, 0.15) is 0 Å². The molecule has 130 valence electrons. The highest BCUT2D eigenvalue weighted by Crippen LogP contribution is 2.28. The largest absolute Gasteiger partial charge is 0.280 e. The Morgan fingerprint density at radius 3 is 2.12 bits per heavy atom. The lowest BCUT2D eigenvalue weighted by atomic mass is 10.2. The van der Waals surface area contributed by atoms with Crippen molar-refractivity contribution in [2.45, 2.75) is 17.7 Å². The van der Waals surface area contributed by atoms with Crippen molar-refractivity contribution in [2.75, 3.05) is 4.72 Å². The molecule has 1 saturated carbocycles. The third-order valence-electron chi connectivity index (χ3n) is 3.70. The molecule has 25 heavy (non-hydrogen) atoms. The summed E-state index contributed by atoms with van der Waals surface area (Å²) >= 11 is 0. The van der Waals surface area contributed by atoms with E-state index in [9.17, 15) is 18.0 Å². The van der Waals surface area contributed by atoms with E-state index in [1.807, 2.05) is 0 Å². The van der Waals surface area contributed by atoms with Gasteiger partial charge in [-0.3, -0.25) is 25.2 Å². The summed E-state index contributed by atoms with van der Waals surface area (Å²) in [4.78, 5) is 23.6. The molecule has 1 aliphatic carbocycles. The number of amides is 2. The SMILES string of the molecule is O=C(NNC(=O)C1CC1)c1ccc(NS(=O)(=O)c2ccccc2)cc1. The molecule has 0 radical (unpaired) electrons. The van der Waals surface area contributed by atoms with Gasteiger partial charge in [0, 0.05) is 17.2 Å². The fraction of sp³-hybridized carbons (Fsp3) is 0.176. The molecular weight excluding hydrogens is 342 g/mol. The Bertz CT molecular complexity index is 876. The minimum absolute atomic E-state index is 0.00457. The van der Waals surface area contributed by atoms with E-state index in [-0.39, 0.29) is 16.7 Å². The summed E-state index contributed by atoms with van der Waals surface area (Å²) in [5.74, 6) is -0.665. The van der Waals surface area contributed by atoms with Crippen LogP contribution in [0.1, 0.15) is 23.2 Å². The average Bonchev–Trinajstić information content (AvgIpc) is 3.46. The van der Waals surface area contributed by atoms with Crippen LogP contribution >= 0.6 is 0 Å². The van der Waals surface area contributed by atoms with Gasteiger partial charge in [-0.1, -0.05) is 18.2 Å². The molecule has 0 saturated heterocycles. The van der Waals surface area contributed by atoms with E-state index in [1.165, 1.54) is 36.4 Å². The summed E-state index contributed by atoms with van der Waals surface area (Å²) in [7, 11) is -3.68. The van der Waals surface area contributed by atoms with E-state index in [0.29, 0.717) is 11.3 Å². The van der Waals surface area contributed by atoms with Crippen LogP contribution in [0.4, 0.5) is 5.69 Å². The van der Waals surface area contributed by atoms with Crippen molar-refractivity contribution >= 4 is 27.5 Å². The minimum Gasteiger partial charge on any atom is -0.280 e. The van der Waals surface area contributed by atoms with E-state index < -0.39 is 15.9 Å². The Balaban J connectivity index is 1.61. The van der Waals surface area contributed by atoms with Crippen LogP contribution in [0.5, 0.6) is 0 Å². The molecule has 2 aromatic carbocycles. The third kappa shape index (κ3) is 4.36. The van der Waals surface area contributed by atoms with Crippen molar-refractivity contribution in [3.63, 3.8) is 0 Å². The lowest BCUT2D eigenvalue weighted by molar-refractivity contribution is -0.123. The number of sulfonamides is 1. The summed E-state index contributed by atoms with van der Waals surface area (Å²) in [6.45, 7) is 0. The highest BCUT2D eigenvalue weighted by Gasteiger charge is 2.29. The van der Waals surface area contributed by atoms with Crippen LogP contribution in [-0.2, 0) is 14.8 Å². The molecule has 0 heterocycles. The van der Waals surface area contributed by atoms with E-state index in [0.717, 1.165) is 12.8 Å². The highest BCUT2D eigenvalue weighted by atomic mass is 32.2. The first-order chi connectivity index (χ1) is 12.0. The summed E-state index contributed by atoms with van der Waals surface area (Å²) in [6.07, 6.45) is 1.69. The van der Waals surface area contributed by atoms with Crippen LogP contribution in [0.15, 0.2) is 59.5 Å². The van der Waals surface area contributed by atoms with Crippen molar-refractivity contribution in [3.05, 3.63) is 60.2 Å². The molecule has 7 nitrogen and oxygen atoms in total. The minimum atomic E-state index is -3.68. The fourth-order valence-electron chi connectivity index (χ4n) is 2.14. The predicted molar refractivity (Wildman–Crippen MR) is 92.0 cm³/mol. The Kier molecular flexibility index (Phi) is 4.71. The number of hydrazine groups is 1. The molecule has 0 spiro atoms. The lowest BCUT2D eigenvalue weighted by Crippen LogP contribution is -2.42. The van der Waals surface area contributed by atoms with Crippen LogP contribution in [0.2, 0.25) is 0 Å². The molecule has 3 N–H and O–H groups in total. The van der Waals surface area contributed by atoms with Crippen LogP contribution in [0.25, 0.3) is 0 Å². The standard InChI is InChI=1S/C17H17N3O4S/c21-16(12-6-7-12)18-19-17(22)13-8-10-14(11-9-13)20-25(23,24)15-4-2-1-3-5-15/h1-5,8-12,20H,6-7H2,(H,18,21)(H,19,22). The molecule has 1 aliphatic rings. The number of carbonyl (C=O) groups excluding carboxylic acids is 2. The molecule has 1 fully saturated rings. The zero-order valence-electron chi connectivity index (χ0n) is 13.2. The third-order valence-corrected chi connectivity index (χ3v) is 5.10. The number of carbonyl (C=O) groups is 2. The van der Waals surface area contributed by atoms with Gasteiger partial charge in [0.2, 0.25) is 5.91 Å². The molecule has 0 bridgehead atoms. The number of nitrogens with one attached hydrogen (secondary N) is 3. The van der Waals surface area contributed by atoms with Crippen molar-refractivity contribution in [1.29, 1.82) is 0 Å². The predicted octanol–water partition coefficient (Wildman–Crippen LogP) is 1.66. The summed E-state index contributed by atoms with van der Waals surface area (Å²) in [6, 6.07) is 13.9. The Morgan fingerprint density at radius 2 is 1.52 bits per heavy atom. The second kappa shape index (κ2) is 6.94. The zero-order chi connectivity index (χ0) is 17.9. The number of hydrogen-bond donors (Lipinski definition) is 3. The normalized spacial score (nSPS) is 13.8. The maximum atomic E-state index is 12.2. The van der Waals surface area contributed by atoms with Gasteiger partial charge < -0.3 is 0 Å². The number of hydrogen-bond acceptors (Lipinski definition) is 4. The number of benzene rings is 2. The van der Waals surface area contributed by atoms with Crippen molar-refractivity contribution in [3.8, 4) is 0 Å². The maximum Gasteiger partial charge on any atom is 0.269 e. The number of anilines is 1. The van der Waals surface area contributed by atoms with Gasteiger partial charge in [0.05, 0.1) is 4.90 Å². The van der Waals surface area contributed by atoms with Crippen molar-refractivity contribution in [2.24, 2.45) is 5.92 Å². The first-order valence-corrected chi connectivity index (χ1v) is 9.22. The highest BCUT2D eigenvalue weighted by molar-refractivity contribution is 7.92. The zero-order valence-corrected chi connectivity index (χ0v) is 14.0. The maximum absolute atomic E-state index is 12.2. The second-order valence-corrected chi connectivity index (χ2v) is 7.40. The van der Waals surface area contributed by atoms with E-state index in [4.69, 9.17) is 0 Å². The first kappa shape index (κ1) is 17.0. The average molecular weight is 359 g/mol. The summed E-state index contributed by atoms with van der Waals surface area (Å²) in [5.41, 5.74) is 5.34. The molecule has 0 aromatic heterocycles. The van der Waals surface area contributed by atoms with Gasteiger partial charge in [-0.25, -0.2) is 8.42 Å². The van der Waals surface area contributed by atoms with E-state index in [2.05, 4.69) is 15.6 Å². The quantitative estimate of drug-likeness (QED) is 0.706. The van der Waals surface area contributed by atoms with Crippen LogP contribution in [0, 0.1) is 5.92 Å².